The van der Waals surface area contributed by atoms with Crippen molar-refractivity contribution >= 4 is 27.7 Å². The summed E-state index contributed by atoms with van der Waals surface area (Å²) in [6, 6.07) is -0.0716. The number of pyridine rings is 1. The molecular weight excluding hydrogens is 270 g/mol. The fraction of sp³-hybridized carbons (Fsp3) is 0.455. The van der Waals surface area contributed by atoms with Gasteiger partial charge < -0.3 is 5.73 Å². The molecule has 1 aromatic rings. The number of rotatable bonds is 1. The fourth-order valence-corrected chi connectivity index (χ4v) is 2.27. The van der Waals surface area contributed by atoms with E-state index in [1.807, 2.05) is 13.8 Å². The molecule has 86 valence electrons. The van der Waals surface area contributed by atoms with Crippen LogP contribution in [-0.4, -0.2) is 23.5 Å². The molecule has 0 saturated carbocycles. The molecule has 1 fully saturated rings. The molecule has 0 aliphatic carbocycles. The molecule has 4 nitrogen and oxygen atoms in total. The molecule has 0 radical (unpaired) electrons. The lowest BCUT2D eigenvalue weighted by Gasteiger charge is -2.18. The first-order chi connectivity index (χ1) is 7.50. The molecule has 0 aromatic carbocycles. The number of hydrogen-bond acceptors (Lipinski definition) is 3. The highest BCUT2D eigenvalue weighted by atomic mass is 79.9. The molecule has 0 spiro atoms. The van der Waals surface area contributed by atoms with E-state index in [0.717, 1.165) is 21.4 Å². The second kappa shape index (κ2) is 4.14. The SMILES string of the molecule is Cc1c(Br)cnc(N2CC(N)CC2=O)c1C. The van der Waals surface area contributed by atoms with Crippen molar-refractivity contribution in [3.63, 3.8) is 0 Å². The predicted octanol–water partition coefficient (Wildman–Crippen LogP) is 1.52. The molecule has 1 aliphatic rings. The van der Waals surface area contributed by atoms with Crippen LogP contribution in [0.3, 0.4) is 0 Å². The zero-order valence-electron chi connectivity index (χ0n) is 9.33. The molecule has 1 saturated heterocycles. The number of carbonyl (C=O) groups excluding carboxylic acids is 1. The first-order valence-corrected chi connectivity index (χ1v) is 5.97. The number of carbonyl (C=O) groups is 1. The van der Waals surface area contributed by atoms with Crippen molar-refractivity contribution in [1.29, 1.82) is 0 Å². The van der Waals surface area contributed by atoms with Crippen LogP contribution in [0.1, 0.15) is 17.5 Å². The van der Waals surface area contributed by atoms with Crippen molar-refractivity contribution in [3.05, 3.63) is 21.8 Å². The van der Waals surface area contributed by atoms with E-state index in [4.69, 9.17) is 5.73 Å². The number of anilines is 1. The van der Waals surface area contributed by atoms with Crippen molar-refractivity contribution in [2.45, 2.75) is 26.3 Å². The smallest absolute Gasteiger partial charge is 0.229 e. The Hall–Kier alpha value is -0.940. The van der Waals surface area contributed by atoms with E-state index in [1.165, 1.54) is 0 Å². The van der Waals surface area contributed by atoms with Gasteiger partial charge in [-0.2, -0.15) is 0 Å². The average Bonchev–Trinajstić information content (AvgIpc) is 2.55. The molecule has 5 heteroatoms. The van der Waals surface area contributed by atoms with Crippen molar-refractivity contribution in [3.8, 4) is 0 Å². The molecule has 2 heterocycles. The van der Waals surface area contributed by atoms with E-state index in [0.29, 0.717) is 13.0 Å². The van der Waals surface area contributed by atoms with Crippen LogP contribution in [0.25, 0.3) is 0 Å². The van der Waals surface area contributed by atoms with Crippen LogP contribution < -0.4 is 10.6 Å². The maximum Gasteiger partial charge on any atom is 0.229 e. The Morgan fingerprint density at radius 1 is 1.50 bits per heavy atom. The first-order valence-electron chi connectivity index (χ1n) is 5.18. The van der Waals surface area contributed by atoms with E-state index in [1.54, 1.807) is 11.1 Å². The number of nitrogens with two attached hydrogens (primary N) is 1. The van der Waals surface area contributed by atoms with Crippen LogP contribution in [0.2, 0.25) is 0 Å². The summed E-state index contributed by atoms with van der Waals surface area (Å²) < 4.78 is 0.963. The van der Waals surface area contributed by atoms with Crippen LogP contribution in [-0.2, 0) is 4.79 Å². The number of amides is 1. The van der Waals surface area contributed by atoms with Crippen molar-refractivity contribution in [2.24, 2.45) is 5.73 Å². The summed E-state index contributed by atoms with van der Waals surface area (Å²) >= 11 is 3.43. The normalized spacial score (nSPS) is 20.6. The van der Waals surface area contributed by atoms with E-state index in [9.17, 15) is 4.79 Å². The van der Waals surface area contributed by atoms with Crippen molar-refractivity contribution in [2.75, 3.05) is 11.4 Å². The lowest BCUT2D eigenvalue weighted by molar-refractivity contribution is -0.117. The second-order valence-electron chi connectivity index (χ2n) is 4.15. The molecule has 16 heavy (non-hydrogen) atoms. The minimum atomic E-state index is -0.0716. The third-order valence-electron chi connectivity index (χ3n) is 2.97. The minimum Gasteiger partial charge on any atom is -0.326 e. The third kappa shape index (κ3) is 1.85. The summed E-state index contributed by atoms with van der Waals surface area (Å²) in [5, 5.41) is 0. The van der Waals surface area contributed by atoms with Gasteiger partial charge in [-0.25, -0.2) is 4.98 Å². The average molecular weight is 284 g/mol. The number of nitrogens with zero attached hydrogens (tertiary/aromatic N) is 2. The molecule has 1 amide bonds. The van der Waals surface area contributed by atoms with Crippen molar-refractivity contribution < 1.29 is 4.79 Å². The lowest BCUT2D eigenvalue weighted by atomic mass is 10.1. The molecular formula is C11H14BrN3O. The number of hydrogen-bond donors (Lipinski definition) is 1. The highest BCUT2D eigenvalue weighted by Crippen LogP contribution is 2.28. The summed E-state index contributed by atoms with van der Waals surface area (Å²) in [5.41, 5.74) is 7.91. The van der Waals surface area contributed by atoms with Crippen LogP contribution in [0.5, 0.6) is 0 Å². The van der Waals surface area contributed by atoms with Gasteiger partial charge in [0, 0.05) is 29.7 Å². The fourth-order valence-electron chi connectivity index (χ4n) is 1.87. The molecule has 0 bridgehead atoms. The van der Waals surface area contributed by atoms with Gasteiger partial charge in [0.25, 0.3) is 0 Å². The van der Waals surface area contributed by atoms with Crippen LogP contribution in [0.15, 0.2) is 10.7 Å². The lowest BCUT2D eigenvalue weighted by Crippen LogP contribution is -2.29. The Morgan fingerprint density at radius 2 is 2.19 bits per heavy atom. The van der Waals surface area contributed by atoms with Gasteiger partial charge in [0.15, 0.2) is 0 Å². The van der Waals surface area contributed by atoms with Crippen LogP contribution >= 0.6 is 15.9 Å². The summed E-state index contributed by atoms with van der Waals surface area (Å²) in [6.45, 7) is 4.54. The number of aromatic nitrogens is 1. The molecule has 2 N–H and O–H groups in total. The van der Waals surface area contributed by atoms with Gasteiger partial charge in [0.1, 0.15) is 5.82 Å². The third-order valence-corrected chi connectivity index (χ3v) is 3.77. The van der Waals surface area contributed by atoms with Gasteiger partial charge in [-0.15, -0.1) is 0 Å². The summed E-state index contributed by atoms with van der Waals surface area (Å²) in [7, 11) is 0. The molecule has 1 unspecified atom stereocenters. The Labute approximate surface area is 103 Å². The van der Waals surface area contributed by atoms with Gasteiger partial charge in [-0.3, -0.25) is 9.69 Å². The zero-order valence-corrected chi connectivity index (χ0v) is 10.9. The molecule has 1 aromatic heterocycles. The van der Waals surface area contributed by atoms with Crippen molar-refractivity contribution in [1.82, 2.24) is 4.98 Å². The van der Waals surface area contributed by atoms with E-state index in [2.05, 4.69) is 20.9 Å². The molecule has 1 atom stereocenters. The standard InChI is InChI=1S/C11H14BrN3O/c1-6-7(2)11(14-4-9(6)12)15-5-8(13)3-10(15)16/h4,8H,3,5,13H2,1-2H3. The van der Waals surface area contributed by atoms with E-state index >= 15 is 0 Å². The predicted molar refractivity (Wildman–Crippen MR) is 66.4 cm³/mol. The van der Waals surface area contributed by atoms with Gasteiger partial charge >= 0.3 is 0 Å². The Balaban J connectivity index is 2.42. The van der Waals surface area contributed by atoms with E-state index in [-0.39, 0.29) is 11.9 Å². The second-order valence-corrected chi connectivity index (χ2v) is 5.00. The van der Waals surface area contributed by atoms with Gasteiger partial charge in [-0.05, 0) is 40.9 Å². The number of halogens is 1. The van der Waals surface area contributed by atoms with Crippen LogP contribution in [0, 0.1) is 13.8 Å². The Morgan fingerprint density at radius 3 is 2.75 bits per heavy atom. The summed E-state index contributed by atoms with van der Waals surface area (Å²) in [6.07, 6.45) is 2.14. The Bertz CT molecular complexity index is 447. The van der Waals surface area contributed by atoms with Gasteiger partial charge in [0.2, 0.25) is 5.91 Å². The van der Waals surface area contributed by atoms with Gasteiger partial charge in [-0.1, -0.05) is 0 Å². The maximum absolute atomic E-state index is 11.7. The topological polar surface area (TPSA) is 59.2 Å². The summed E-state index contributed by atoms with van der Waals surface area (Å²) in [5.74, 6) is 0.795. The minimum absolute atomic E-state index is 0.0600. The highest BCUT2D eigenvalue weighted by molar-refractivity contribution is 9.10. The quantitative estimate of drug-likeness (QED) is 0.850. The zero-order chi connectivity index (χ0) is 11.9. The van der Waals surface area contributed by atoms with E-state index < -0.39 is 0 Å². The largest absolute Gasteiger partial charge is 0.326 e. The molecule has 1 aliphatic heterocycles. The maximum atomic E-state index is 11.7. The highest BCUT2D eigenvalue weighted by Gasteiger charge is 2.30. The van der Waals surface area contributed by atoms with Crippen LogP contribution in [0.4, 0.5) is 5.82 Å². The van der Waals surface area contributed by atoms with Gasteiger partial charge in [0.05, 0.1) is 0 Å². The molecule has 2 rings (SSSR count). The summed E-state index contributed by atoms with van der Waals surface area (Å²) in [4.78, 5) is 17.7. The first kappa shape index (κ1) is 11.5. The monoisotopic (exact) mass is 283 g/mol. The Kier molecular flexibility index (Phi) is 2.99.